The molecule has 0 spiro atoms. The first-order valence-electron chi connectivity index (χ1n) is 9.84. The summed E-state index contributed by atoms with van der Waals surface area (Å²) in [5.74, 6) is 0.474. The van der Waals surface area contributed by atoms with E-state index in [1.165, 1.54) is 0 Å². The summed E-state index contributed by atoms with van der Waals surface area (Å²) in [5, 5.41) is 1.95. The molecular weight excluding hydrogens is 420 g/mol. The molecule has 0 saturated carbocycles. The molecule has 0 aliphatic carbocycles. The first kappa shape index (κ1) is 20.5. The Morgan fingerprint density at radius 1 is 1.17 bits per heavy atom. The number of halogens is 1. The van der Waals surface area contributed by atoms with E-state index >= 15 is 0 Å². The monoisotopic (exact) mass is 440 g/mol. The molecule has 0 radical (unpaired) electrons. The van der Waals surface area contributed by atoms with Crippen LogP contribution in [0.3, 0.4) is 0 Å². The van der Waals surface area contributed by atoms with Crippen LogP contribution >= 0.6 is 22.9 Å². The fourth-order valence-corrected chi connectivity index (χ4v) is 4.51. The number of thiazole rings is 1. The van der Waals surface area contributed by atoms with Crippen molar-refractivity contribution in [1.82, 2.24) is 19.9 Å². The fraction of sp³-hybridized carbons (Fsp3) is 0.273. The second kappa shape index (κ2) is 8.93. The molecule has 6 nitrogen and oxygen atoms in total. The summed E-state index contributed by atoms with van der Waals surface area (Å²) < 4.78 is 1.13. The number of para-hydroxylation sites is 1. The predicted octanol–water partition coefficient (Wildman–Crippen LogP) is 4.56. The maximum atomic E-state index is 12.9. The van der Waals surface area contributed by atoms with Gasteiger partial charge in [0, 0.05) is 24.4 Å². The highest BCUT2D eigenvalue weighted by Crippen LogP contribution is 2.23. The molecule has 0 saturated heterocycles. The van der Waals surface area contributed by atoms with Crippen LogP contribution in [0.1, 0.15) is 30.6 Å². The average Bonchev–Trinajstić information content (AvgIpc) is 3.14. The maximum absolute atomic E-state index is 12.9. The molecule has 4 rings (SSSR count). The van der Waals surface area contributed by atoms with E-state index in [1.807, 2.05) is 31.2 Å². The lowest BCUT2D eigenvalue weighted by atomic mass is 10.2. The SMILES string of the molecule is CCCN(Cc1nc2cc(Cl)ccc2c(=O)[nH]1)C(=O)CCc1nc2ccccc2s1. The topological polar surface area (TPSA) is 79.0 Å². The van der Waals surface area contributed by atoms with Crippen molar-refractivity contribution in [2.75, 3.05) is 6.54 Å². The molecule has 2 heterocycles. The third-order valence-corrected chi connectivity index (χ3v) is 6.13. The minimum absolute atomic E-state index is 0.0185. The number of aromatic nitrogens is 3. The normalized spacial score (nSPS) is 11.3. The van der Waals surface area contributed by atoms with Gasteiger partial charge in [0.05, 0.1) is 32.7 Å². The number of rotatable bonds is 7. The molecule has 30 heavy (non-hydrogen) atoms. The zero-order chi connectivity index (χ0) is 21.1. The van der Waals surface area contributed by atoms with Gasteiger partial charge < -0.3 is 9.88 Å². The number of nitrogens with zero attached hydrogens (tertiary/aromatic N) is 3. The van der Waals surface area contributed by atoms with Crippen LogP contribution in [-0.2, 0) is 17.8 Å². The zero-order valence-electron chi connectivity index (χ0n) is 16.5. The number of carbonyl (C=O) groups excluding carboxylic acids is 1. The molecule has 8 heteroatoms. The molecule has 2 aromatic heterocycles. The van der Waals surface area contributed by atoms with E-state index in [0.29, 0.717) is 41.1 Å². The van der Waals surface area contributed by atoms with Crippen LogP contribution < -0.4 is 5.56 Å². The van der Waals surface area contributed by atoms with E-state index in [0.717, 1.165) is 21.6 Å². The number of hydrogen-bond donors (Lipinski definition) is 1. The average molecular weight is 441 g/mol. The van der Waals surface area contributed by atoms with Gasteiger partial charge in [0.15, 0.2) is 0 Å². The number of amides is 1. The van der Waals surface area contributed by atoms with Crippen LogP contribution in [0, 0.1) is 0 Å². The molecule has 1 N–H and O–H groups in total. The highest BCUT2D eigenvalue weighted by atomic mass is 35.5. The molecule has 4 aromatic rings. The largest absolute Gasteiger partial charge is 0.335 e. The lowest BCUT2D eigenvalue weighted by Crippen LogP contribution is -2.33. The number of aryl methyl sites for hydroxylation is 1. The fourth-order valence-electron chi connectivity index (χ4n) is 3.38. The summed E-state index contributed by atoms with van der Waals surface area (Å²) in [6.45, 7) is 2.87. The van der Waals surface area contributed by atoms with Gasteiger partial charge in [-0.1, -0.05) is 30.7 Å². The Balaban J connectivity index is 1.49. The Bertz CT molecular complexity index is 1230. The summed E-state index contributed by atoms with van der Waals surface area (Å²) in [6.07, 6.45) is 1.77. The van der Waals surface area contributed by atoms with Crippen LogP contribution in [-0.4, -0.2) is 32.3 Å². The number of H-pyrrole nitrogens is 1. The number of benzene rings is 2. The number of aromatic amines is 1. The molecule has 2 aromatic carbocycles. The van der Waals surface area contributed by atoms with Crippen LogP contribution in [0.5, 0.6) is 0 Å². The van der Waals surface area contributed by atoms with Gasteiger partial charge in [-0.15, -0.1) is 11.3 Å². The number of carbonyl (C=O) groups is 1. The van der Waals surface area contributed by atoms with Crippen LogP contribution in [0.4, 0.5) is 0 Å². The van der Waals surface area contributed by atoms with E-state index in [4.69, 9.17) is 11.6 Å². The Labute approximate surface area is 182 Å². The third kappa shape index (κ3) is 4.52. The van der Waals surface area contributed by atoms with Crippen molar-refractivity contribution in [3.05, 3.63) is 68.7 Å². The van der Waals surface area contributed by atoms with Gasteiger partial charge in [-0.25, -0.2) is 9.97 Å². The Morgan fingerprint density at radius 2 is 2.00 bits per heavy atom. The Hall–Kier alpha value is -2.77. The standard InChI is InChI=1S/C22H21ClN4O2S/c1-2-11-27(13-19-24-17-12-14(23)7-8-15(17)22(29)26-19)21(28)10-9-20-25-16-5-3-4-6-18(16)30-20/h3-8,12H,2,9-11,13H2,1H3,(H,24,26,29). The summed E-state index contributed by atoms with van der Waals surface area (Å²) >= 11 is 7.66. The van der Waals surface area contributed by atoms with Crippen molar-refractivity contribution in [3.8, 4) is 0 Å². The van der Waals surface area contributed by atoms with Gasteiger partial charge in [0.1, 0.15) is 5.82 Å². The van der Waals surface area contributed by atoms with E-state index in [2.05, 4.69) is 15.0 Å². The number of hydrogen-bond acceptors (Lipinski definition) is 5. The number of nitrogens with one attached hydrogen (secondary N) is 1. The first-order valence-corrected chi connectivity index (χ1v) is 11.0. The zero-order valence-corrected chi connectivity index (χ0v) is 18.1. The van der Waals surface area contributed by atoms with E-state index in [-0.39, 0.29) is 18.0 Å². The maximum Gasteiger partial charge on any atom is 0.258 e. The molecule has 0 unspecified atom stereocenters. The summed E-state index contributed by atoms with van der Waals surface area (Å²) in [4.78, 5) is 38.9. The summed E-state index contributed by atoms with van der Waals surface area (Å²) in [6, 6.07) is 12.9. The highest BCUT2D eigenvalue weighted by Gasteiger charge is 2.16. The summed E-state index contributed by atoms with van der Waals surface area (Å²) in [5.41, 5.74) is 1.26. The molecular formula is C22H21ClN4O2S. The Kier molecular flexibility index (Phi) is 6.11. The highest BCUT2D eigenvalue weighted by molar-refractivity contribution is 7.18. The van der Waals surface area contributed by atoms with Gasteiger partial charge in [0.25, 0.3) is 5.56 Å². The predicted molar refractivity (Wildman–Crippen MR) is 121 cm³/mol. The smallest absolute Gasteiger partial charge is 0.258 e. The van der Waals surface area contributed by atoms with E-state index in [1.54, 1.807) is 34.4 Å². The van der Waals surface area contributed by atoms with Crippen LogP contribution in [0.15, 0.2) is 47.3 Å². The lowest BCUT2D eigenvalue weighted by Gasteiger charge is -2.21. The van der Waals surface area contributed by atoms with Gasteiger partial charge in [-0.2, -0.15) is 0 Å². The van der Waals surface area contributed by atoms with Crippen LogP contribution in [0.2, 0.25) is 5.02 Å². The van der Waals surface area contributed by atoms with Crippen molar-refractivity contribution >= 4 is 50.0 Å². The van der Waals surface area contributed by atoms with Crippen molar-refractivity contribution in [2.45, 2.75) is 32.7 Å². The molecule has 0 aliphatic heterocycles. The van der Waals surface area contributed by atoms with Gasteiger partial charge in [-0.05, 0) is 36.8 Å². The quantitative estimate of drug-likeness (QED) is 0.457. The third-order valence-electron chi connectivity index (χ3n) is 4.80. The minimum atomic E-state index is -0.231. The molecule has 0 aliphatic rings. The van der Waals surface area contributed by atoms with Gasteiger partial charge in [-0.3, -0.25) is 9.59 Å². The second-order valence-corrected chi connectivity index (χ2v) is 8.62. The molecule has 0 bridgehead atoms. The number of fused-ring (bicyclic) bond motifs is 2. The van der Waals surface area contributed by atoms with Crippen molar-refractivity contribution in [3.63, 3.8) is 0 Å². The molecule has 0 atom stereocenters. The summed E-state index contributed by atoms with van der Waals surface area (Å²) in [7, 11) is 0. The first-order chi connectivity index (χ1) is 14.5. The second-order valence-electron chi connectivity index (χ2n) is 7.06. The van der Waals surface area contributed by atoms with E-state index < -0.39 is 0 Å². The van der Waals surface area contributed by atoms with Crippen molar-refractivity contribution < 1.29 is 4.79 Å². The molecule has 1 amide bonds. The van der Waals surface area contributed by atoms with Crippen molar-refractivity contribution in [2.24, 2.45) is 0 Å². The Morgan fingerprint density at radius 3 is 2.80 bits per heavy atom. The molecule has 0 fully saturated rings. The minimum Gasteiger partial charge on any atom is -0.335 e. The van der Waals surface area contributed by atoms with Crippen molar-refractivity contribution in [1.29, 1.82) is 0 Å². The van der Waals surface area contributed by atoms with Gasteiger partial charge in [0.2, 0.25) is 5.91 Å². The lowest BCUT2D eigenvalue weighted by molar-refractivity contribution is -0.131. The van der Waals surface area contributed by atoms with Gasteiger partial charge >= 0.3 is 0 Å². The molecule has 154 valence electrons. The van der Waals surface area contributed by atoms with E-state index in [9.17, 15) is 9.59 Å². The van der Waals surface area contributed by atoms with Crippen LogP contribution in [0.25, 0.3) is 21.1 Å².